The van der Waals surface area contributed by atoms with Crippen LogP contribution in [0.2, 0.25) is 5.02 Å². The van der Waals surface area contributed by atoms with Crippen molar-refractivity contribution in [3.63, 3.8) is 0 Å². The van der Waals surface area contributed by atoms with Crippen molar-refractivity contribution in [3.05, 3.63) is 52.5 Å². The molecule has 0 saturated heterocycles. The Kier molecular flexibility index (Phi) is 5.28. The average molecular weight is 319 g/mol. The van der Waals surface area contributed by atoms with Crippen molar-refractivity contribution in [1.82, 2.24) is 0 Å². The largest absolute Gasteiger partial charge is 0.462 e. The Balaban J connectivity index is 2.34. The van der Waals surface area contributed by atoms with E-state index in [2.05, 4.69) is 5.32 Å². The van der Waals surface area contributed by atoms with Crippen LogP contribution in [0.4, 0.5) is 17.1 Å². The fraction of sp³-hybridized carbons (Fsp3) is 0.235. The van der Waals surface area contributed by atoms with E-state index in [9.17, 15) is 4.79 Å². The first kappa shape index (κ1) is 16.2. The van der Waals surface area contributed by atoms with Gasteiger partial charge in [-0.1, -0.05) is 24.6 Å². The maximum atomic E-state index is 12.2. The average Bonchev–Trinajstić information content (AvgIpc) is 2.51. The normalized spacial score (nSPS) is 10.3. The summed E-state index contributed by atoms with van der Waals surface area (Å²) in [6.07, 6.45) is 0.768. The quantitative estimate of drug-likeness (QED) is 0.627. The highest BCUT2D eigenvalue weighted by molar-refractivity contribution is 6.31. The van der Waals surface area contributed by atoms with Gasteiger partial charge in [0.1, 0.15) is 0 Å². The second-order valence-electron chi connectivity index (χ2n) is 4.98. The number of nitrogens with two attached hydrogens (primary N) is 1. The number of benzene rings is 2. The molecule has 2 aromatic rings. The molecule has 3 N–H and O–H groups in total. The van der Waals surface area contributed by atoms with Crippen LogP contribution in [0, 0.1) is 6.92 Å². The molecule has 0 amide bonds. The smallest absolute Gasteiger partial charge is 0.340 e. The van der Waals surface area contributed by atoms with Crippen molar-refractivity contribution in [3.8, 4) is 0 Å². The zero-order chi connectivity index (χ0) is 16.1. The third-order valence-electron chi connectivity index (χ3n) is 3.24. The van der Waals surface area contributed by atoms with Crippen LogP contribution in [0.25, 0.3) is 0 Å². The third kappa shape index (κ3) is 3.71. The van der Waals surface area contributed by atoms with Gasteiger partial charge in [-0.05, 0) is 49.2 Å². The van der Waals surface area contributed by atoms with Crippen molar-refractivity contribution in [1.29, 1.82) is 0 Å². The second kappa shape index (κ2) is 7.18. The molecule has 0 heterocycles. The predicted molar refractivity (Wildman–Crippen MR) is 90.9 cm³/mol. The van der Waals surface area contributed by atoms with Crippen LogP contribution in [0.3, 0.4) is 0 Å². The number of ether oxygens (including phenoxy) is 1. The summed E-state index contributed by atoms with van der Waals surface area (Å²) < 4.78 is 5.20. The minimum atomic E-state index is -0.392. The predicted octanol–water partition coefficient (Wildman–Crippen LogP) is 4.54. The van der Waals surface area contributed by atoms with Crippen molar-refractivity contribution >= 4 is 34.6 Å². The molecule has 0 spiro atoms. The van der Waals surface area contributed by atoms with Gasteiger partial charge in [0.2, 0.25) is 0 Å². The minimum Gasteiger partial charge on any atom is -0.462 e. The molecule has 4 nitrogen and oxygen atoms in total. The first-order valence-electron chi connectivity index (χ1n) is 7.11. The van der Waals surface area contributed by atoms with Crippen molar-refractivity contribution in [2.24, 2.45) is 0 Å². The topological polar surface area (TPSA) is 64.3 Å². The molecule has 0 aliphatic heterocycles. The van der Waals surface area contributed by atoms with Gasteiger partial charge in [0.25, 0.3) is 0 Å². The number of rotatable bonds is 5. The first-order chi connectivity index (χ1) is 10.5. The molecule has 0 unspecified atom stereocenters. The van der Waals surface area contributed by atoms with E-state index < -0.39 is 5.97 Å². The summed E-state index contributed by atoms with van der Waals surface area (Å²) >= 11 is 6.12. The van der Waals surface area contributed by atoms with E-state index in [1.54, 1.807) is 18.2 Å². The molecule has 22 heavy (non-hydrogen) atoms. The first-order valence-corrected chi connectivity index (χ1v) is 7.49. The van der Waals surface area contributed by atoms with E-state index in [0.29, 0.717) is 28.6 Å². The Morgan fingerprint density at radius 2 is 2.05 bits per heavy atom. The second-order valence-corrected chi connectivity index (χ2v) is 5.39. The van der Waals surface area contributed by atoms with E-state index in [-0.39, 0.29) is 0 Å². The molecule has 0 aromatic heterocycles. The highest BCUT2D eigenvalue weighted by atomic mass is 35.5. The molecule has 0 radical (unpaired) electrons. The summed E-state index contributed by atoms with van der Waals surface area (Å²) in [5.41, 5.74) is 9.09. The molecule has 5 heteroatoms. The molecule has 0 aliphatic carbocycles. The highest BCUT2D eigenvalue weighted by Crippen LogP contribution is 2.29. The van der Waals surface area contributed by atoms with Crippen molar-refractivity contribution in [2.75, 3.05) is 17.7 Å². The van der Waals surface area contributed by atoms with Gasteiger partial charge in [-0.2, -0.15) is 0 Å². The lowest BCUT2D eigenvalue weighted by Gasteiger charge is -2.14. The number of nitrogens with one attached hydrogen (secondary N) is 1. The molecule has 2 aromatic carbocycles. The lowest BCUT2D eigenvalue weighted by atomic mass is 10.1. The minimum absolute atomic E-state index is 0.378. The van der Waals surface area contributed by atoms with Crippen LogP contribution in [0.15, 0.2) is 36.4 Å². The summed E-state index contributed by atoms with van der Waals surface area (Å²) in [5.74, 6) is -0.392. The van der Waals surface area contributed by atoms with Crippen LogP contribution in [-0.4, -0.2) is 12.6 Å². The van der Waals surface area contributed by atoms with E-state index >= 15 is 0 Å². The lowest BCUT2D eigenvalue weighted by Crippen LogP contribution is -2.10. The molecular weight excluding hydrogens is 300 g/mol. The summed E-state index contributed by atoms with van der Waals surface area (Å²) in [7, 11) is 0. The summed E-state index contributed by atoms with van der Waals surface area (Å²) in [5, 5.41) is 3.89. The van der Waals surface area contributed by atoms with Crippen molar-refractivity contribution < 1.29 is 9.53 Å². The van der Waals surface area contributed by atoms with E-state index in [1.165, 1.54) is 0 Å². The fourth-order valence-electron chi connectivity index (χ4n) is 2.00. The molecule has 0 aliphatic rings. The SMILES string of the molecule is CCCOC(=O)c1cc(N)ccc1Nc1cccc(Cl)c1C. The van der Waals surface area contributed by atoms with Crippen LogP contribution in [-0.2, 0) is 4.74 Å². The number of halogens is 1. The van der Waals surface area contributed by atoms with Crippen LogP contribution in [0.5, 0.6) is 0 Å². The Morgan fingerprint density at radius 3 is 2.77 bits per heavy atom. The maximum Gasteiger partial charge on any atom is 0.340 e. The van der Waals surface area contributed by atoms with E-state index in [1.807, 2.05) is 32.0 Å². The van der Waals surface area contributed by atoms with Crippen molar-refractivity contribution in [2.45, 2.75) is 20.3 Å². The van der Waals surface area contributed by atoms with Gasteiger partial charge >= 0.3 is 5.97 Å². The molecule has 0 bridgehead atoms. The Morgan fingerprint density at radius 1 is 1.27 bits per heavy atom. The van der Waals surface area contributed by atoms with Gasteiger partial charge in [0.15, 0.2) is 0 Å². The van der Waals surface area contributed by atoms with E-state index in [0.717, 1.165) is 17.7 Å². The summed E-state index contributed by atoms with van der Waals surface area (Å²) in [6.45, 7) is 4.24. The molecule has 116 valence electrons. The van der Waals surface area contributed by atoms with Gasteiger partial charge < -0.3 is 15.8 Å². The molecule has 0 saturated carbocycles. The standard InChI is InChI=1S/C17H19ClN2O2/c1-3-9-22-17(21)13-10-12(19)7-8-16(13)20-15-6-4-5-14(18)11(15)2/h4-8,10,20H,3,9,19H2,1-2H3. The Bertz CT molecular complexity index is 686. The van der Waals surface area contributed by atoms with Crippen LogP contribution < -0.4 is 11.1 Å². The number of hydrogen-bond acceptors (Lipinski definition) is 4. The summed E-state index contributed by atoms with van der Waals surface area (Å²) in [4.78, 5) is 12.2. The zero-order valence-electron chi connectivity index (χ0n) is 12.7. The zero-order valence-corrected chi connectivity index (χ0v) is 13.4. The Hall–Kier alpha value is -2.20. The molecule has 0 atom stereocenters. The van der Waals surface area contributed by atoms with Gasteiger partial charge in [0.05, 0.1) is 17.9 Å². The van der Waals surface area contributed by atoms with Gasteiger partial charge in [-0.3, -0.25) is 0 Å². The molecule has 0 fully saturated rings. The number of hydrogen-bond donors (Lipinski definition) is 2. The third-order valence-corrected chi connectivity index (χ3v) is 3.65. The monoisotopic (exact) mass is 318 g/mol. The van der Waals surface area contributed by atoms with Crippen LogP contribution in [0.1, 0.15) is 29.3 Å². The number of carbonyl (C=O) groups is 1. The number of carbonyl (C=O) groups excluding carboxylic acids is 1. The maximum absolute atomic E-state index is 12.2. The molecule has 2 rings (SSSR count). The lowest BCUT2D eigenvalue weighted by molar-refractivity contribution is 0.0506. The number of anilines is 3. The van der Waals surface area contributed by atoms with Gasteiger partial charge in [-0.25, -0.2) is 4.79 Å². The molecular formula is C17H19ClN2O2. The van der Waals surface area contributed by atoms with E-state index in [4.69, 9.17) is 22.1 Å². The van der Waals surface area contributed by atoms with Gasteiger partial charge in [0, 0.05) is 16.4 Å². The number of esters is 1. The highest BCUT2D eigenvalue weighted by Gasteiger charge is 2.14. The fourth-order valence-corrected chi connectivity index (χ4v) is 2.17. The summed E-state index contributed by atoms with van der Waals surface area (Å²) in [6, 6.07) is 10.7. The van der Waals surface area contributed by atoms with Gasteiger partial charge in [-0.15, -0.1) is 0 Å². The Labute approximate surface area is 135 Å². The number of nitrogen functional groups attached to an aromatic ring is 1. The van der Waals surface area contributed by atoms with Crippen LogP contribution >= 0.6 is 11.6 Å².